The largest absolute Gasteiger partial charge is 0.310 e. The van der Waals surface area contributed by atoms with Crippen LogP contribution in [0, 0.1) is 0 Å². The molecule has 0 saturated carbocycles. The van der Waals surface area contributed by atoms with Crippen molar-refractivity contribution in [3.8, 4) is 39.1 Å². The maximum atomic E-state index is 2.42. The lowest BCUT2D eigenvalue weighted by Crippen LogP contribution is -2.30. The van der Waals surface area contributed by atoms with Crippen molar-refractivity contribution in [1.29, 1.82) is 0 Å². The molecule has 2 heteroatoms. The maximum absolute atomic E-state index is 2.42. The van der Waals surface area contributed by atoms with Crippen LogP contribution in [0.1, 0.15) is 37.8 Å². The molecule has 8 aromatic rings. The van der Waals surface area contributed by atoms with Crippen LogP contribution in [0.15, 0.2) is 170 Å². The van der Waals surface area contributed by atoms with E-state index in [9.17, 15) is 0 Å². The molecule has 2 aliphatic carbocycles. The normalized spacial score (nSPS) is 13.8. The molecule has 10 rings (SSSR count). The molecule has 254 valence electrons. The van der Waals surface area contributed by atoms with Gasteiger partial charge in [-0.3, -0.25) is 0 Å². The lowest BCUT2D eigenvalue weighted by Gasteiger charge is -2.28. The monoisotopic (exact) mass is 680 g/mol. The van der Waals surface area contributed by atoms with Crippen molar-refractivity contribution in [3.63, 3.8) is 0 Å². The average molecular weight is 681 g/mol. The second kappa shape index (κ2) is 12.4. The van der Waals surface area contributed by atoms with E-state index in [0.717, 1.165) is 24.2 Å². The van der Waals surface area contributed by atoms with Gasteiger partial charge in [-0.05, 0) is 118 Å². The van der Waals surface area contributed by atoms with Crippen LogP contribution in [0.2, 0.25) is 0 Å². The van der Waals surface area contributed by atoms with Crippen molar-refractivity contribution in [3.05, 3.63) is 192 Å². The molecule has 7 aromatic carbocycles. The predicted molar refractivity (Wildman–Crippen MR) is 224 cm³/mol. The van der Waals surface area contributed by atoms with Crippen LogP contribution in [-0.2, 0) is 5.41 Å². The number of aromatic nitrogens is 1. The Labute approximate surface area is 311 Å². The van der Waals surface area contributed by atoms with E-state index in [0.29, 0.717) is 0 Å². The fourth-order valence-electron chi connectivity index (χ4n) is 8.75. The number of anilines is 3. The minimum Gasteiger partial charge on any atom is -0.310 e. The number of nitrogens with zero attached hydrogens (tertiary/aromatic N) is 2. The summed E-state index contributed by atoms with van der Waals surface area (Å²) < 4.78 is 2.42. The van der Waals surface area contributed by atoms with E-state index in [1.54, 1.807) is 0 Å². The fraction of sp³-hybridized carbons (Fsp3) is 0.0980. The van der Waals surface area contributed by atoms with Crippen LogP contribution in [0.4, 0.5) is 17.1 Å². The first-order chi connectivity index (χ1) is 26.0. The van der Waals surface area contributed by atoms with Crippen LogP contribution in [-0.4, -0.2) is 4.57 Å². The molecule has 1 heterocycles. The first-order valence-electron chi connectivity index (χ1n) is 18.8. The van der Waals surface area contributed by atoms with E-state index < -0.39 is 0 Å². The molecule has 1 aromatic heterocycles. The van der Waals surface area contributed by atoms with Crippen molar-refractivity contribution in [2.75, 3.05) is 4.90 Å². The molecule has 0 radical (unpaired) electrons. The zero-order valence-electron chi connectivity index (χ0n) is 30.1. The van der Waals surface area contributed by atoms with Crippen molar-refractivity contribution >= 4 is 40.1 Å². The highest BCUT2D eigenvalue weighted by atomic mass is 15.1. The standard InChI is InChI=1S/C51H40N2/c1-51(2)47-19-11-9-17-43(47)44-31-30-42(34-48(44)51)52(39-13-5-3-6-14-39)41-28-25-36(26-29-41)35-21-23-37(24-22-35)38-27-32-50-46(33-38)45-18-10-12-20-49(45)53(50)40-15-7-4-8-16-40/h3-9,11,13-34H,10,12H2,1-2H3. The number of benzene rings is 7. The van der Waals surface area contributed by atoms with Crippen LogP contribution in [0.3, 0.4) is 0 Å². The van der Waals surface area contributed by atoms with E-state index in [4.69, 9.17) is 0 Å². The Morgan fingerprint density at radius 1 is 0.472 bits per heavy atom. The highest BCUT2D eigenvalue weighted by molar-refractivity contribution is 5.90. The second-order valence-electron chi connectivity index (χ2n) is 14.9. The Kier molecular flexibility index (Phi) is 7.33. The SMILES string of the molecule is CC1(C)c2ccccc2-c2ccc(N(c3ccccc3)c3ccc(-c4ccc(-c5ccc6c(c5)c5c(n6-c6ccccc6)=CCCC=5)cc4)cc3)cc21. The van der Waals surface area contributed by atoms with Crippen molar-refractivity contribution in [1.82, 2.24) is 4.57 Å². The third-order valence-electron chi connectivity index (χ3n) is 11.4. The summed E-state index contributed by atoms with van der Waals surface area (Å²) in [4.78, 5) is 2.38. The molecule has 0 amide bonds. The topological polar surface area (TPSA) is 8.17 Å². The van der Waals surface area contributed by atoms with Gasteiger partial charge in [-0.1, -0.05) is 135 Å². The summed E-state index contributed by atoms with van der Waals surface area (Å²) in [6.07, 6.45) is 6.98. The highest BCUT2D eigenvalue weighted by Crippen LogP contribution is 2.50. The summed E-state index contributed by atoms with van der Waals surface area (Å²) in [5.41, 5.74) is 16.2. The zero-order valence-corrected chi connectivity index (χ0v) is 30.1. The fourth-order valence-corrected chi connectivity index (χ4v) is 8.75. The minimum atomic E-state index is -0.0598. The van der Waals surface area contributed by atoms with Crippen molar-refractivity contribution in [2.45, 2.75) is 32.1 Å². The summed E-state index contributed by atoms with van der Waals surface area (Å²) in [6, 6.07) is 62.3. The quantitative estimate of drug-likeness (QED) is 0.170. The number of hydrogen-bond donors (Lipinski definition) is 0. The lowest BCUT2D eigenvalue weighted by molar-refractivity contribution is 0.660. The van der Waals surface area contributed by atoms with Gasteiger partial charge in [0.1, 0.15) is 0 Å². The van der Waals surface area contributed by atoms with E-state index in [1.165, 1.54) is 77.4 Å². The van der Waals surface area contributed by atoms with E-state index in [2.05, 4.69) is 205 Å². The molecule has 0 N–H and O–H groups in total. The van der Waals surface area contributed by atoms with Crippen molar-refractivity contribution in [2.24, 2.45) is 0 Å². The Morgan fingerprint density at radius 2 is 1.04 bits per heavy atom. The summed E-state index contributed by atoms with van der Waals surface area (Å²) in [7, 11) is 0. The van der Waals surface area contributed by atoms with E-state index >= 15 is 0 Å². The smallest absolute Gasteiger partial charge is 0.0541 e. The molecule has 53 heavy (non-hydrogen) atoms. The van der Waals surface area contributed by atoms with Gasteiger partial charge < -0.3 is 9.47 Å². The third kappa shape index (κ3) is 5.17. The molecule has 2 aliphatic rings. The van der Waals surface area contributed by atoms with Gasteiger partial charge in [0.15, 0.2) is 0 Å². The van der Waals surface area contributed by atoms with Crippen LogP contribution in [0.5, 0.6) is 0 Å². The van der Waals surface area contributed by atoms with Crippen LogP contribution < -0.4 is 15.5 Å². The predicted octanol–water partition coefficient (Wildman–Crippen LogP) is 12.1. The molecule has 0 saturated heterocycles. The molecule has 0 aliphatic heterocycles. The number of fused-ring (bicyclic) bond motifs is 6. The third-order valence-corrected chi connectivity index (χ3v) is 11.4. The van der Waals surface area contributed by atoms with Gasteiger partial charge in [0.05, 0.1) is 5.52 Å². The first kappa shape index (κ1) is 31.4. The maximum Gasteiger partial charge on any atom is 0.0541 e. The number of para-hydroxylation sites is 2. The molecule has 0 fully saturated rings. The Bertz CT molecular complexity index is 2770. The van der Waals surface area contributed by atoms with Gasteiger partial charge in [0, 0.05) is 44.1 Å². The second-order valence-corrected chi connectivity index (χ2v) is 14.9. The summed E-state index contributed by atoms with van der Waals surface area (Å²) in [5, 5.41) is 3.98. The summed E-state index contributed by atoms with van der Waals surface area (Å²) in [5.74, 6) is 0. The zero-order chi connectivity index (χ0) is 35.5. The highest BCUT2D eigenvalue weighted by Gasteiger charge is 2.35. The van der Waals surface area contributed by atoms with Gasteiger partial charge >= 0.3 is 0 Å². The molecular weight excluding hydrogens is 641 g/mol. The first-order valence-corrected chi connectivity index (χ1v) is 18.8. The Morgan fingerprint density at radius 3 is 1.79 bits per heavy atom. The van der Waals surface area contributed by atoms with Crippen LogP contribution >= 0.6 is 0 Å². The summed E-state index contributed by atoms with van der Waals surface area (Å²) in [6.45, 7) is 4.69. The average Bonchev–Trinajstić information content (AvgIpc) is 3.67. The van der Waals surface area contributed by atoms with E-state index in [1.807, 2.05) is 0 Å². The van der Waals surface area contributed by atoms with Gasteiger partial charge in [0.2, 0.25) is 0 Å². The van der Waals surface area contributed by atoms with Gasteiger partial charge in [0.25, 0.3) is 0 Å². The van der Waals surface area contributed by atoms with E-state index in [-0.39, 0.29) is 5.41 Å². The van der Waals surface area contributed by atoms with Gasteiger partial charge in [-0.25, -0.2) is 0 Å². The molecule has 2 nitrogen and oxygen atoms in total. The Balaban J connectivity index is 0.974. The van der Waals surface area contributed by atoms with Gasteiger partial charge in [-0.2, -0.15) is 0 Å². The lowest BCUT2D eigenvalue weighted by atomic mass is 9.82. The molecule has 0 atom stereocenters. The molecule has 0 unspecified atom stereocenters. The number of hydrogen-bond acceptors (Lipinski definition) is 1. The van der Waals surface area contributed by atoms with Crippen LogP contribution in [0.25, 0.3) is 62.1 Å². The van der Waals surface area contributed by atoms with Gasteiger partial charge in [-0.15, -0.1) is 0 Å². The summed E-state index contributed by atoms with van der Waals surface area (Å²) >= 11 is 0. The molecule has 0 bridgehead atoms. The number of rotatable bonds is 6. The molecular formula is C51H40N2. The molecule has 0 spiro atoms. The Hall–Kier alpha value is -6.38. The van der Waals surface area contributed by atoms with Crippen molar-refractivity contribution < 1.29 is 0 Å². The minimum absolute atomic E-state index is 0.0598.